The Labute approximate surface area is 164 Å². The van der Waals surface area contributed by atoms with Crippen molar-refractivity contribution in [2.24, 2.45) is 0 Å². The van der Waals surface area contributed by atoms with Crippen LogP contribution in [-0.2, 0) is 17.7 Å². The van der Waals surface area contributed by atoms with E-state index in [-0.39, 0.29) is 5.91 Å². The van der Waals surface area contributed by atoms with Crippen LogP contribution >= 0.6 is 0 Å². The van der Waals surface area contributed by atoms with Crippen molar-refractivity contribution in [1.82, 2.24) is 15.5 Å². The van der Waals surface area contributed by atoms with Crippen LogP contribution in [-0.4, -0.2) is 57.1 Å². The van der Waals surface area contributed by atoms with Crippen LogP contribution in [0.25, 0.3) is 0 Å². The predicted molar refractivity (Wildman–Crippen MR) is 105 cm³/mol. The van der Waals surface area contributed by atoms with Crippen LogP contribution in [0.1, 0.15) is 28.0 Å². The molecule has 2 heterocycles. The van der Waals surface area contributed by atoms with Crippen LogP contribution in [0.5, 0.6) is 11.5 Å². The van der Waals surface area contributed by atoms with Crippen LogP contribution in [0.3, 0.4) is 0 Å². The fourth-order valence-corrected chi connectivity index (χ4v) is 3.20. The normalized spacial score (nSPS) is 13.0. The predicted octanol–water partition coefficient (Wildman–Crippen LogP) is 1.82. The standard InChI is InChI=1S/C20H26N4O4/c1-26-10-4-8-21-20(25)16-5-6-19(23-22-16)24-9-7-14-11-17(27-2)18(28-3)12-15(14)13-24/h5-6,11-12H,4,7-10,13H2,1-3H3,(H,21,25). The van der Waals surface area contributed by atoms with Gasteiger partial charge >= 0.3 is 0 Å². The van der Waals surface area contributed by atoms with Gasteiger partial charge in [0.25, 0.3) is 5.91 Å². The van der Waals surface area contributed by atoms with Crippen LogP contribution in [0.4, 0.5) is 5.82 Å². The molecule has 0 saturated heterocycles. The highest BCUT2D eigenvalue weighted by Gasteiger charge is 2.21. The van der Waals surface area contributed by atoms with Crippen molar-refractivity contribution in [3.63, 3.8) is 0 Å². The lowest BCUT2D eigenvalue weighted by atomic mass is 9.99. The summed E-state index contributed by atoms with van der Waals surface area (Å²) in [6.45, 7) is 2.68. The minimum Gasteiger partial charge on any atom is -0.493 e. The SMILES string of the molecule is COCCCNC(=O)c1ccc(N2CCc3cc(OC)c(OC)cc3C2)nn1. The zero-order valence-electron chi connectivity index (χ0n) is 16.5. The molecule has 0 unspecified atom stereocenters. The van der Waals surface area contributed by atoms with Gasteiger partial charge in [-0.05, 0) is 48.2 Å². The topological polar surface area (TPSA) is 85.8 Å². The quantitative estimate of drug-likeness (QED) is 0.693. The summed E-state index contributed by atoms with van der Waals surface area (Å²) in [5.74, 6) is 1.98. The number of fused-ring (bicyclic) bond motifs is 1. The van der Waals surface area contributed by atoms with Gasteiger partial charge in [-0.2, -0.15) is 0 Å². The molecule has 1 N–H and O–H groups in total. The summed E-state index contributed by atoms with van der Waals surface area (Å²) in [5.41, 5.74) is 2.73. The first-order chi connectivity index (χ1) is 13.7. The van der Waals surface area contributed by atoms with Crippen molar-refractivity contribution < 1.29 is 19.0 Å². The van der Waals surface area contributed by atoms with Gasteiger partial charge in [0.15, 0.2) is 23.0 Å². The number of benzene rings is 1. The molecule has 0 atom stereocenters. The van der Waals surface area contributed by atoms with Crippen LogP contribution in [0, 0.1) is 0 Å². The number of nitrogens with one attached hydrogen (secondary N) is 1. The Hall–Kier alpha value is -2.87. The average Bonchev–Trinajstić information content (AvgIpc) is 2.75. The van der Waals surface area contributed by atoms with E-state index in [1.165, 1.54) is 11.1 Å². The van der Waals surface area contributed by atoms with Crippen molar-refractivity contribution in [3.05, 3.63) is 41.1 Å². The second-order valence-corrected chi connectivity index (χ2v) is 6.53. The van der Waals surface area contributed by atoms with Gasteiger partial charge in [-0.15, -0.1) is 10.2 Å². The van der Waals surface area contributed by atoms with Gasteiger partial charge in [-0.25, -0.2) is 0 Å². The van der Waals surface area contributed by atoms with E-state index >= 15 is 0 Å². The van der Waals surface area contributed by atoms with Gasteiger partial charge in [-0.3, -0.25) is 4.79 Å². The van der Waals surface area contributed by atoms with Crippen molar-refractivity contribution in [2.45, 2.75) is 19.4 Å². The first kappa shape index (κ1) is 19.9. The highest BCUT2D eigenvalue weighted by atomic mass is 16.5. The molecule has 2 aromatic rings. The number of carbonyl (C=O) groups excluding carboxylic acids is 1. The highest BCUT2D eigenvalue weighted by molar-refractivity contribution is 5.92. The summed E-state index contributed by atoms with van der Waals surface area (Å²) >= 11 is 0. The summed E-state index contributed by atoms with van der Waals surface area (Å²) in [6, 6.07) is 7.59. The van der Waals surface area contributed by atoms with Gasteiger partial charge in [0, 0.05) is 33.4 Å². The lowest BCUT2D eigenvalue weighted by Gasteiger charge is -2.30. The number of aromatic nitrogens is 2. The number of hydrogen-bond acceptors (Lipinski definition) is 7. The van der Waals surface area contributed by atoms with Crippen molar-refractivity contribution >= 4 is 11.7 Å². The zero-order valence-corrected chi connectivity index (χ0v) is 16.5. The third kappa shape index (κ3) is 4.51. The highest BCUT2D eigenvalue weighted by Crippen LogP contribution is 2.34. The van der Waals surface area contributed by atoms with Crippen LogP contribution in [0.15, 0.2) is 24.3 Å². The average molecular weight is 386 g/mol. The molecule has 3 rings (SSSR count). The lowest BCUT2D eigenvalue weighted by molar-refractivity contribution is 0.0942. The number of nitrogens with zero attached hydrogens (tertiary/aromatic N) is 3. The molecule has 1 amide bonds. The maximum absolute atomic E-state index is 12.1. The lowest BCUT2D eigenvalue weighted by Crippen LogP contribution is -2.32. The molecule has 1 aromatic carbocycles. The number of carbonyl (C=O) groups is 1. The van der Waals surface area contributed by atoms with Gasteiger partial charge in [0.05, 0.1) is 14.2 Å². The van der Waals surface area contributed by atoms with E-state index in [9.17, 15) is 4.79 Å². The maximum atomic E-state index is 12.1. The summed E-state index contributed by atoms with van der Waals surface area (Å²) in [4.78, 5) is 14.2. The molecule has 0 bridgehead atoms. The van der Waals surface area contributed by atoms with E-state index in [4.69, 9.17) is 14.2 Å². The number of rotatable bonds is 8. The molecule has 8 nitrogen and oxygen atoms in total. The van der Waals surface area contributed by atoms with E-state index in [0.29, 0.717) is 25.4 Å². The van der Waals surface area contributed by atoms with Crippen molar-refractivity contribution in [2.75, 3.05) is 45.9 Å². The minimum absolute atomic E-state index is 0.226. The molecular formula is C20H26N4O4. The maximum Gasteiger partial charge on any atom is 0.271 e. The first-order valence-corrected chi connectivity index (χ1v) is 9.26. The Balaban J connectivity index is 1.66. The molecule has 28 heavy (non-hydrogen) atoms. The van der Waals surface area contributed by atoms with E-state index in [1.54, 1.807) is 27.4 Å². The van der Waals surface area contributed by atoms with Crippen LogP contribution in [0.2, 0.25) is 0 Å². The second kappa shape index (κ2) is 9.36. The zero-order chi connectivity index (χ0) is 19.9. The molecule has 1 aliphatic heterocycles. The Morgan fingerprint density at radius 3 is 2.50 bits per heavy atom. The summed E-state index contributed by atoms with van der Waals surface area (Å²) in [6.07, 6.45) is 1.63. The Kier molecular flexibility index (Phi) is 6.65. The third-order valence-electron chi connectivity index (χ3n) is 4.74. The number of amides is 1. The van der Waals surface area contributed by atoms with Gasteiger partial charge in [-0.1, -0.05) is 0 Å². The number of ether oxygens (including phenoxy) is 3. The Morgan fingerprint density at radius 1 is 1.11 bits per heavy atom. The first-order valence-electron chi connectivity index (χ1n) is 9.26. The molecule has 8 heteroatoms. The fourth-order valence-electron chi connectivity index (χ4n) is 3.20. The van der Waals surface area contributed by atoms with E-state index in [1.807, 2.05) is 18.2 Å². The molecule has 0 aliphatic carbocycles. The summed E-state index contributed by atoms with van der Waals surface area (Å²) in [5, 5.41) is 11.2. The minimum atomic E-state index is -0.226. The molecule has 0 spiro atoms. The molecule has 150 valence electrons. The molecular weight excluding hydrogens is 360 g/mol. The van der Waals surface area contributed by atoms with Crippen molar-refractivity contribution in [3.8, 4) is 11.5 Å². The Morgan fingerprint density at radius 2 is 1.86 bits per heavy atom. The monoisotopic (exact) mass is 386 g/mol. The molecule has 0 saturated carbocycles. The third-order valence-corrected chi connectivity index (χ3v) is 4.74. The van der Waals surface area contributed by atoms with Gasteiger partial charge in [0.2, 0.25) is 0 Å². The van der Waals surface area contributed by atoms with Crippen molar-refractivity contribution in [1.29, 1.82) is 0 Å². The fraction of sp³-hybridized carbons (Fsp3) is 0.450. The summed E-state index contributed by atoms with van der Waals surface area (Å²) < 4.78 is 15.8. The molecule has 1 aliphatic rings. The second-order valence-electron chi connectivity index (χ2n) is 6.53. The largest absolute Gasteiger partial charge is 0.493 e. The molecule has 0 fully saturated rings. The summed E-state index contributed by atoms with van der Waals surface area (Å²) in [7, 11) is 4.91. The smallest absolute Gasteiger partial charge is 0.271 e. The number of hydrogen-bond donors (Lipinski definition) is 1. The number of methoxy groups -OCH3 is 3. The van der Waals surface area contributed by atoms with Gasteiger partial charge in [0.1, 0.15) is 0 Å². The Bertz CT molecular complexity index is 811. The molecule has 0 radical (unpaired) electrons. The molecule has 1 aromatic heterocycles. The van der Waals surface area contributed by atoms with Crippen LogP contribution < -0.4 is 19.7 Å². The van der Waals surface area contributed by atoms with Gasteiger partial charge < -0.3 is 24.4 Å². The number of anilines is 1. The van der Waals surface area contributed by atoms with E-state index in [2.05, 4.69) is 20.4 Å². The van der Waals surface area contributed by atoms with E-state index in [0.717, 1.165) is 36.7 Å². The van der Waals surface area contributed by atoms with E-state index < -0.39 is 0 Å².